The number of nitrogens with two attached hydrogens (primary N) is 1. The van der Waals surface area contributed by atoms with E-state index in [1.807, 2.05) is 0 Å². The maximum absolute atomic E-state index is 12.2. The molecule has 0 aliphatic carbocycles. The van der Waals surface area contributed by atoms with E-state index in [-0.39, 0.29) is 10.8 Å². The van der Waals surface area contributed by atoms with Gasteiger partial charge in [-0.2, -0.15) is 0 Å². The van der Waals surface area contributed by atoms with E-state index < -0.39 is 10.0 Å². The van der Waals surface area contributed by atoms with Crippen molar-refractivity contribution in [2.45, 2.75) is 56.3 Å². The first kappa shape index (κ1) is 24.2. The normalized spacial score (nSPS) is 19.8. The number of hydrogen-bond acceptors (Lipinski definition) is 5. The summed E-state index contributed by atoms with van der Waals surface area (Å²) in [7, 11) is -3.66. The van der Waals surface area contributed by atoms with Crippen LogP contribution in [0.5, 0.6) is 0 Å². The summed E-state index contributed by atoms with van der Waals surface area (Å²) in [5.74, 6) is 0.886. The molecule has 1 aromatic carbocycles. The topological polar surface area (TPSA) is 95.7 Å². The zero-order valence-corrected chi connectivity index (χ0v) is 19.4. The van der Waals surface area contributed by atoms with Gasteiger partial charge in [0.05, 0.1) is 4.90 Å². The van der Waals surface area contributed by atoms with Crippen LogP contribution in [0.1, 0.15) is 50.5 Å². The van der Waals surface area contributed by atoms with E-state index in [9.17, 15) is 13.2 Å². The molecule has 0 atom stereocenters. The molecule has 174 valence electrons. The van der Waals surface area contributed by atoms with Crippen molar-refractivity contribution in [2.75, 3.05) is 45.8 Å². The Kier molecular flexibility index (Phi) is 9.31. The fraction of sp³-hybridized carbons (Fsp3) is 0.696. The second kappa shape index (κ2) is 11.9. The van der Waals surface area contributed by atoms with Gasteiger partial charge in [0, 0.05) is 26.1 Å². The summed E-state index contributed by atoms with van der Waals surface area (Å²) >= 11 is 0. The van der Waals surface area contributed by atoms with E-state index >= 15 is 0 Å². The lowest BCUT2D eigenvalue weighted by Gasteiger charge is -2.34. The zero-order chi connectivity index (χ0) is 22.1. The number of carbonyl (C=O) groups is 1. The van der Waals surface area contributed by atoms with Crippen LogP contribution in [0.3, 0.4) is 0 Å². The number of nitrogens with zero attached hydrogens (tertiary/aromatic N) is 2. The van der Waals surface area contributed by atoms with Gasteiger partial charge in [-0.1, -0.05) is 25.0 Å². The van der Waals surface area contributed by atoms with E-state index in [1.165, 1.54) is 70.3 Å². The predicted molar refractivity (Wildman–Crippen MR) is 123 cm³/mol. The van der Waals surface area contributed by atoms with Crippen LogP contribution in [0.4, 0.5) is 0 Å². The van der Waals surface area contributed by atoms with Crippen LogP contribution in [-0.2, 0) is 21.2 Å². The quantitative estimate of drug-likeness (QED) is 0.600. The molecule has 0 radical (unpaired) electrons. The predicted octanol–water partition coefficient (Wildman–Crippen LogP) is 1.97. The van der Waals surface area contributed by atoms with Crippen LogP contribution < -0.4 is 10.5 Å². The number of sulfonamides is 1. The molecule has 2 aliphatic heterocycles. The molecule has 7 nitrogen and oxygen atoms in total. The van der Waals surface area contributed by atoms with Crippen molar-refractivity contribution in [3.05, 3.63) is 29.8 Å². The van der Waals surface area contributed by atoms with E-state index in [0.29, 0.717) is 19.4 Å². The van der Waals surface area contributed by atoms with Crippen molar-refractivity contribution in [1.82, 2.24) is 15.1 Å². The van der Waals surface area contributed by atoms with Crippen molar-refractivity contribution >= 4 is 15.9 Å². The summed E-state index contributed by atoms with van der Waals surface area (Å²) in [5, 5.41) is 8.08. The highest BCUT2D eigenvalue weighted by atomic mass is 32.2. The Hall–Kier alpha value is -1.48. The van der Waals surface area contributed by atoms with Gasteiger partial charge in [0.2, 0.25) is 15.9 Å². The SMILES string of the molecule is NS(=O)(=O)c1ccc(CCNC(=O)CCN2CCC(CN3CCCCCC3)CC2)cc1. The minimum Gasteiger partial charge on any atom is -0.356 e. The first-order valence-electron chi connectivity index (χ1n) is 11.7. The Bertz CT molecular complexity index is 782. The van der Waals surface area contributed by atoms with Crippen LogP contribution in [0.25, 0.3) is 0 Å². The summed E-state index contributed by atoms with van der Waals surface area (Å²) in [6.45, 7) is 7.38. The molecule has 1 amide bonds. The number of benzene rings is 1. The Morgan fingerprint density at radius 2 is 1.61 bits per heavy atom. The highest BCUT2D eigenvalue weighted by molar-refractivity contribution is 7.89. The van der Waals surface area contributed by atoms with Crippen molar-refractivity contribution in [2.24, 2.45) is 11.1 Å². The van der Waals surface area contributed by atoms with Crippen LogP contribution in [-0.4, -0.2) is 69.9 Å². The highest BCUT2D eigenvalue weighted by Crippen LogP contribution is 2.20. The minimum atomic E-state index is -3.66. The van der Waals surface area contributed by atoms with E-state index in [1.54, 1.807) is 12.1 Å². The molecule has 8 heteroatoms. The summed E-state index contributed by atoms with van der Waals surface area (Å²) in [6.07, 6.45) is 9.17. The number of carbonyl (C=O) groups excluding carboxylic acids is 1. The van der Waals surface area contributed by atoms with Gasteiger partial charge < -0.3 is 15.1 Å². The Morgan fingerprint density at radius 1 is 0.968 bits per heavy atom. The molecule has 3 rings (SSSR count). The summed E-state index contributed by atoms with van der Waals surface area (Å²) in [5.41, 5.74) is 0.971. The molecule has 0 saturated carbocycles. The lowest BCUT2D eigenvalue weighted by Crippen LogP contribution is -2.40. The first-order chi connectivity index (χ1) is 14.9. The smallest absolute Gasteiger partial charge is 0.238 e. The number of primary sulfonamides is 1. The zero-order valence-electron chi connectivity index (χ0n) is 18.6. The molecule has 2 heterocycles. The molecule has 0 bridgehead atoms. The van der Waals surface area contributed by atoms with Gasteiger partial charge in [-0.05, 0) is 81.9 Å². The molecule has 2 aliphatic rings. The lowest BCUT2D eigenvalue weighted by molar-refractivity contribution is -0.121. The molecule has 2 fully saturated rings. The van der Waals surface area contributed by atoms with E-state index in [0.717, 1.165) is 31.1 Å². The summed E-state index contributed by atoms with van der Waals surface area (Å²) in [6, 6.07) is 6.48. The van der Waals surface area contributed by atoms with Crippen LogP contribution in [0.2, 0.25) is 0 Å². The number of hydrogen-bond donors (Lipinski definition) is 2. The first-order valence-corrected chi connectivity index (χ1v) is 13.3. The minimum absolute atomic E-state index is 0.0767. The Morgan fingerprint density at radius 3 is 2.23 bits per heavy atom. The lowest BCUT2D eigenvalue weighted by atomic mass is 9.96. The van der Waals surface area contributed by atoms with Crippen LogP contribution >= 0.6 is 0 Å². The highest BCUT2D eigenvalue weighted by Gasteiger charge is 2.22. The Balaban J connectivity index is 1.27. The van der Waals surface area contributed by atoms with Crippen molar-refractivity contribution in [3.8, 4) is 0 Å². The average Bonchev–Trinajstić information content (AvgIpc) is 3.02. The largest absolute Gasteiger partial charge is 0.356 e. The summed E-state index contributed by atoms with van der Waals surface area (Å²) < 4.78 is 22.6. The third-order valence-corrected chi connectivity index (χ3v) is 7.49. The number of likely N-dealkylation sites (tertiary alicyclic amines) is 2. The van der Waals surface area contributed by atoms with Gasteiger partial charge in [0.25, 0.3) is 0 Å². The average molecular weight is 451 g/mol. The standard InChI is InChI=1S/C23H38N4O3S/c24-31(29,30)22-7-5-20(6-8-22)9-13-25-23(28)12-18-26-16-10-21(11-17-26)19-27-14-3-1-2-4-15-27/h5-8,21H,1-4,9-19H2,(H,25,28)(H2,24,29,30). The van der Waals surface area contributed by atoms with Crippen LogP contribution in [0, 0.1) is 5.92 Å². The molecule has 0 unspecified atom stereocenters. The number of nitrogens with one attached hydrogen (secondary N) is 1. The molecule has 3 N–H and O–H groups in total. The van der Waals surface area contributed by atoms with Gasteiger partial charge in [0.1, 0.15) is 0 Å². The molecule has 0 aromatic heterocycles. The van der Waals surface area contributed by atoms with Gasteiger partial charge in [-0.3, -0.25) is 4.79 Å². The third-order valence-electron chi connectivity index (χ3n) is 6.57. The Labute approximate surface area is 187 Å². The second-order valence-electron chi connectivity index (χ2n) is 9.04. The molecule has 2 saturated heterocycles. The molecule has 31 heavy (non-hydrogen) atoms. The fourth-order valence-electron chi connectivity index (χ4n) is 4.62. The van der Waals surface area contributed by atoms with E-state index in [2.05, 4.69) is 15.1 Å². The number of piperidine rings is 1. The van der Waals surface area contributed by atoms with Gasteiger partial charge in [0.15, 0.2) is 0 Å². The van der Waals surface area contributed by atoms with Gasteiger partial charge in [-0.25, -0.2) is 13.6 Å². The molecule has 0 spiro atoms. The second-order valence-corrected chi connectivity index (χ2v) is 10.6. The number of rotatable bonds is 9. The van der Waals surface area contributed by atoms with Crippen molar-refractivity contribution < 1.29 is 13.2 Å². The number of amides is 1. The van der Waals surface area contributed by atoms with E-state index in [4.69, 9.17) is 5.14 Å². The summed E-state index contributed by atoms with van der Waals surface area (Å²) in [4.78, 5) is 17.4. The fourth-order valence-corrected chi connectivity index (χ4v) is 5.13. The maximum atomic E-state index is 12.2. The molecular weight excluding hydrogens is 412 g/mol. The third kappa shape index (κ3) is 8.52. The molecular formula is C23H38N4O3S. The maximum Gasteiger partial charge on any atom is 0.238 e. The monoisotopic (exact) mass is 450 g/mol. The van der Waals surface area contributed by atoms with Gasteiger partial charge >= 0.3 is 0 Å². The van der Waals surface area contributed by atoms with Crippen LogP contribution in [0.15, 0.2) is 29.2 Å². The molecule has 1 aromatic rings. The van der Waals surface area contributed by atoms with Crippen molar-refractivity contribution in [3.63, 3.8) is 0 Å². The van der Waals surface area contributed by atoms with Gasteiger partial charge in [-0.15, -0.1) is 0 Å². The van der Waals surface area contributed by atoms with Crippen molar-refractivity contribution in [1.29, 1.82) is 0 Å².